The van der Waals surface area contributed by atoms with Crippen LogP contribution in [0.25, 0.3) is 0 Å². The van der Waals surface area contributed by atoms with Crippen molar-refractivity contribution in [3.63, 3.8) is 0 Å². The second-order valence-electron chi connectivity index (χ2n) is 5.79. The fourth-order valence-electron chi connectivity index (χ4n) is 2.34. The summed E-state index contributed by atoms with van der Waals surface area (Å²) in [4.78, 5) is 35.7. The number of amides is 1. The molecule has 0 heterocycles. The van der Waals surface area contributed by atoms with E-state index in [0.717, 1.165) is 5.56 Å². The fraction of sp³-hybridized carbons (Fsp3) is 0.250. The Balaban J connectivity index is 1.95. The highest BCUT2D eigenvalue weighted by Crippen LogP contribution is 2.18. The molecule has 1 N–H and O–H groups in total. The van der Waals surface area contributed by atoms with Crippen LogP contribution < -0.4 is 10.1 Å². The first-order valence-corrected chi connectivity index (χ1v) is 7.99. The van der Waals surface area contributed by atoms with Crippen molar-refractivity contribution < 1.29 is 19.1 Å². The first-order chi connectivity index (χ1) is 11.9. The van der Waals surface area contributed by atoms with E-state index in [1.165, 1.54) is 6.92 Å². The SMILES string of the molecule is COc1ccc(C(=O)CCC(=O)Nc2cc(C(C)=O)ccc2C)cc1. The summed E-state index contributed by atoms with van der Waals surface area (Å²) >= 11 is 0. The van der Waals surface area contributed by atoms with Crippen molar-refractivity contribution in [1.82, 2.24) is 0 Å². The summed E-state index contributed by atoms with van der Waals surface area (Å²) in [5.41, 5.74) is 2.54. The van der Waals surface area contributed by atoms with Crippen LogP contribution >= 0.6 is 0 Å². The van der Waals surface area contributed by atoms with Crippen molar-refractivity contribution in [3.05, 3.63) is 59.2 Å². The minimum absolute atomic E-state index is 0.0646. The topological polar surface area (TPSA) is 72.5 Å². The van der Waals surface area contributed by atoms with E-state index in [0.29, 0.717) is 22.6 Å². The Kier molecular flexibility index (Phi) is 6.06. The number of Topliss-reactive ketones (excluding diaryl/α,β-unsaturated/α-hetero) is 2. The van der Waals surface area contributed by atoms with Gasteiger partial charge in [0.1, 0.15) is 5.75 Å². The fourth-order valence-corrected chi connectivity index (χ4v) is 2.34. The first-order valence-electron chi connectivity index (χ1n) is 7.99. The third-order valence-electron chi connectivity index (χ3n) is 3.91. The molecular weight excluding hydrogens is 318 g/mol. The van der Waals surface area contributed by atoms with Gasteiger partial charge >= 0.3 is 0 Å². The number of aryl methyl sites for hydroxylation is 1. The van der Waals surface area contributed by atoms with Crippen LogP contribution in [0.1, 0.15) is 46.0 Å². The summed E-state index contributed by atoms with van der Waals surface area (Å²) in [6.07, 6.45) is 0.193. The second-order valence-corrected chi connectivity index (χ2v) is 5.79. The molecule has 0 aromatic heterocycles. The molecule has 0 bridgehead atoms. The van der Waals surface area contributed by atoms with Crippen molar-refractivity contribution in [1.29, 1.82) is 0 Å². The normalized spacial score (nSPS) is 10.2. The summed E-state index contributed by atoms with van der Waals surface area (Å²) in [6, 6.07) is 11.9. The van der Waals surface area contributed by atoms with Gasteiger partial charge in [-0.25, -0.2) is 0 Å². The second kappa shape index (κ2) is 8.24. The highest BCUT2D eigenvalue weighted by atomic mass is 16.5. The molecule has 2 aromatic carbocycles. The monoisotopic (exact) mass is 339 g/mol. The number of ether oxygens (including phenoxy) is 1. The number of hydrogen-bond acceptors (Lipinski definition) is 4. The van der Waals surface area contributed by atoms with Crippen LogP contribution in [-0.4, -0.2) is 24.6 Å². The summed E-state index contributed by atoms with van der Waals surface area (Å²) in [5, 5.41) is 2.77. The number of anilines is 1. The minimum Gasteiger partial charge on any atom is -0.497 e. The lowest BCUT2D eigenvalue weighted by Gasteiger charge is -2.10. The molecule has 0 unspecified atom stereocenters. The van der Waals surface area contributed by atoms with Crippen LogP contribution in [0.3, 0.4) is 0 Å². The van der Waals surface area contributed by atoms with Crippen LogP contribution in [-0.2, 0) is 4.79 Å². The van der Waals surface area contributed by atoms with E-state index in [4.69, 9.17) is 4.74 Å². The maximum absolute atomic E-state index is 12.1. The Morgan fingerprint density at radius 2 is 1.60 bits per heavy atom. The molecule has 1 amide bonds. The van der Waals surface area contributed by atoms with Gasteiger partial charge in [-0.3, -0.25) is 14.4 Å². The standard InChI is InChI=1S/C20H21NO4/c1-13-4-5-16(14(2)22)12-18(13)21-20(24)11-10-19(23)15-6-8-17(25-3)9-7-15/h4-9,12H,10-11H2,1-3H3,(H,21,24). The molecule has 0 aliphatic heterocycles. The van der Waals surface area contributed by atoms with Crippen molar-refractivity contribution >= 4 is 23.2 Å². The van der Waals surface area contributed by atoms with E-state index in [1.807, 2.05) is 6.92 Å². The predicted molar refractivity (Wildman–Crippen MR) is 96.4 cm³/mol. The predicted octanol–water partition coefficient (Wildman–Crippen LogP) is 3.81. The molecule has 5 nitrogen and oxygen atoms in total. The number of carbonyl (C=O) groups excluding carboxylic acids is 3. The third-order valence-corrected chi connectivity index (χ3v) is 3.91. The van der Waals surface area contributed by atoms with Crippen molar-refractivity contribution in [2.75, 3.05) is 12.4 Å². The number of ketones is 2. The van der Waals surface area contributed by atoms with Gasteiger partial charge in [0.25, 0.3) is 0 Å². The number of benzene rings is 2. The minimum atomic E-state index is -0.259. The Morgan fingerprint density at radius 3 is 2.20 bits per heavy atom. The van der Waals surface area contributed by atoms with Gasteiger partial charge < -0.3 is 10.1 Å². The number of methoxy groups -OCH3 is 1. The molecule has 130 valence electrons. The maximum atomic E-state index is 12.1. The number of rotatable bonds is 7. The lowest BCUT2D eigenvalue weighted by atomic mass is 10.1. The lowest BCUT2D eigenvalue weighted by Crippen LogP contribution is -2.14. The maximum Gasteiger partial charge on any atom is 0.224 e. The molecule has 2 aromatic rings. The van der Waals surface area contributed by atoms with Gasteiger partial charge in [0, 0.05) is 29.7 Å². The molecule has 2 rings (SSSR count). The van der Waals surface area contributed by atoms with Crippen LogP contribution in [0.4, 0.5) is 5.69 Å². The van der Waals surface area contributed by atoms with E-state index >= 15 is 0 Å². The lowest BCUT2D eigenvalue weighted by molar-refractivity contribution is -0.116. The Labute approximate surface area is 147 Å². The molecule has 0 spiro atoms. The van der Waals surface area contributed by atoms with E-state index in [2.05, 4.69) is 5.32 Å². The molecule has 0 fully saturated rings. The first kappa shape index (κ1) is 18.4. The van der Waals surface area contributed by atoms with Crippen molar-refractivity contribution in [2.24, 2.45) is 0 Å². The smallest absolute Gasteiger partial charge is 0.224 e. The van der Waals surface area contributed by atoms with E-state index in [9.17, 15) is 14.4 Å². The van der Waals surface area contributed by atoms with Gasteiger partial charge in [-0.15, -0.1) is 0 Å². The van der Waals surface area contributed by atoms with E-state index in [-0.39, 0.29) is 30.3 Å². The van der Waals surface area contributed by atoms with Gasteiger partial charge in [-0.05, 0) is 49.7 Å². The average Bonchev–Trinajstić information content (AvgIpc) is 2.61. The average molecular weight is 339 g/mol. The largest absolute Gasteiger partial charge is 0.497 e. The molecule has 0 saturated heterocycles. The van der Waals surface area contributed by atoms with Gasteiger partial charge in [-0.1, -0.05) is 12.1 Å². The molecule has 0 atom stereocenters. The number of nitrogens with one attached hydrogen (secondary N) is 1. The quantitative estimate of drug-likeness (QED) is 0.779. The zero-order chi connectivity index (χ0) is 18.4. The molecule has 0 radical (unpaired) electrons. The third kappa shape index (κ3) is 5.01. The molecule has 0 aliphatic rings. The molecule has 0 aliphatic carbocycles. The zero-order valence-electron chi connectivity index (χ0n) is 14.6. The molecule has 0 saturated carbocycles. The molecule has 25 heavy (non-hydrogen) atoms. The van der Waals surface area contributed by atoms with Crippen LogP contribution in [0.2, 0.25) is 0 Å². The van der Waals surface area contributed by atoms with Gasteiger partial charge in [0.05, 0.1) is 7.11 Å². The van der Waals surface area contributed by atoms with Crippen molar-refractivity contribution in [3.8, 4) is 5.75 Å². The van der Waals surface area contributed by atoms with Crippen LogP contribution in [0.15, 0.2) is 42.5 Å². The highest BCUT2D eigenvalue weighted by Gasteiger charge is 2.11. The molecule has 5 heteroatoms. The van der Waals surface area contributed by atoms with Crippen LogP contribution in [0, 0.1) is 6.92 Å². The Hall–Kier alpha value is -2.95. The summed E-state index contributed by atoms with van der Waals surface area (Å²) in [7, 11) is 1.56. The zero-order valence-corrected chi connectivity index (χ0v) is 14.6. The van der Waals surface area contributed by atoms with Crippen LogP contribution in [0.5, 0.6) is 5.75 Å². The Morgan fingerprint density at radius 1 is 0.960 bits per heavy atom. The summed E-state index contributed by atoms with van der Waals surface area (Å²) in [5.74, 6) is 0.248. The summed E-state index contributed by atoms with van der Waals surface area (Å²) < 4.78 is 5.05. The van der Waals surface area contributed by atoms with Gasteiger partial charge in [0.2, 0.25) is 5.91 Å². The highest BCUT2D eigenvalue weighted by molar-refractivity contribution is 6.01. The summed E-state index contributed by atoms with van der Waals surface area (Å²) in [6.45, 7) is 3.33. The van der Waals surface area contributed by atoms with Crippen molar-refractivity contribution in [2.45, 2.75) is 26.7 Å². The van der Waals surface area contributed by atoms with Gasteiger partial charge in [0.15, 0.2) is 11.6 Å². The Bertz CT molecular complexity index is 794. The van der Waals surface area contributed by atoms with E-state index in [1.54, 1.807) is 49.6 Å². The number of carbonyl (C=O) groups is 3. The number of hydrogen-bond donors (Lipinski definition) is 1. The van der Waals surface area contributed by atoms with E-state index < -0.39 is 0 Å². The van der Waals surface area contributed by atoms with Gasteiger partial charge in [-0.2, -0.15) is 0 Å². The molecular formula is C20H21NO4.